The Kier molecular flexibility index (Phi) is 5.66. The number of hydrazone groups is 1. The van der Waals surface area contributed by atoms with E-state index in [2.05, 4.69) is 15.8 Å². The van der Waals surface area contributed by atoms with Crippen molar-refractivity contribution >= 4 is 29.1 Å². The average Bonchev–Trinajstić information content (AvgIpc) is 2.83. The van der Waals surface area contributed by atoms with Crippen LogP contribution in [0.1, 0.15) is 25.3 Å². The van der Waals surface area contributed by atoms with Gasteiger partial charge in [0.15, 0.2) is 0 Å². The van der Waals surface area contributed by atoms with Gasteiger partial charge in [-0.2, -0.15) is 5.10 Å². The first-order chi connectivity index (χ1) is 9.08. The zero-order valence-electron chi connectivity index (χ0n) is 10.9. The summed E-state index contributed by atoms with van der Waals surface area (Å²) >= 11 is 6.03. The second-order valence-electron chi connectivity index (χ2n) is 4.31. The van der Waals surface area contributed by atoms with E-state index in [4.69, 9.17) is 11.6 Å². The van der Waals surface area contributed by atoms with Gasteiger partial charge in [0.1, 0.15) is 6.04 Å². The van der Waals surface area contributed by atoms with Crippen molar-refractivity contribution in [1.29, 1.82) is 0 Å². The summed E-state index contributed by atoms with van der Waals surface area (Å²) in [6.07, 6.45) is 0.886. The molecular weight excluding hydrogens is 282 g/mol. The van der Waals surface area contributed by atoms with Gasteiger partial charge in [-0.1, -0.05) is 29.8 Å². The van der Waals surface area contributed by atoms with Crippen molar-refractivity contribution in [2.45, 2.75) is 25.8 Å². The number of carbonyl (C=O) groups is 2. The van der Waals surface area contributed by atoms with Crippen LogP contribution in [-0.4, -0.2) is 29.0 Å². The van der Waals surface area contributed by atoms with E-state index in [-0.39, 0.29) is 17.3 Å². The number of amides is 2. The third-order valence-corrected chi connectivity index (χ3v) is 3.24. The minimum atomic E-state index is -0.490. The molecule has 1 aliphatic rings. The maximum Gasteiger partial charge on any atom is 0.262 e. The molecule has 6 nitrogen and oxygen atoms in total. The molecule has 20 heavy (non-hydrogen) atoms. The zero-order valence-corrected chi connectivity index (χ0v) is 11.7. The van der Waals surface area contributed by atoms with Crippen molar-refractivity contribution < 1.29 is 15.1 Å². The van der Waals surface area contributed by atoms with Crippen LogP contribution >= 0.6 is 11.6 Å². The Morgan fingerprint density at radius 3 is 2.75 bits per heavy atom. The fourth-order valence-corrected chi connectivity index (χ4v) is 2.11. The fourth-order valence-electron chi connectivity index (χ4n) is 1.84. The van der Waals surface area contributed by atoms with E-state index in [1.807, 2.05) is 18.2 Å². The van der Waals surface area contributed by atoms with E-state index in [0.717, 1.165) is 5.56 Å². The van der Waals surface area contributed by atoms with E-state index >= 15 is 0 Å². The lowest BCUT2D eigenvalue weighted by atomic mass is 10.1. The summed E-state index contributed by atoms with van der Waals surface area (Å²) in [7, 11) is 0. The van der Waals surface area contributed by atoms with Crippen molar-refractivity contribution in [3.63, 3.8) is 0 Å². The Labute approximate surface area is 121 Å². The molecular formula is C13H16ClN3O3. The number of halogens is 1. The predicted octanol–water partition coefficient (Wildman–Crippen LogP) is 0.634. The molecule has 0 aliphatic carbocycles. The molecule has 2 rings (SSSR count). The Bertz CT molecular complexity index is 545. The second kappa shape index (κ2) is 7.02. The first-order valence-electron chi connectivity index (χ1n) is 5.96. The Hall–Kier alpha value is -1.92. The molecule has 1 heterocycles. The number of nitrogens with one attached hydrogen (secondary N) is 2. The van der Waals surface area contributed by atoms with E-state index in [0.29, 0.717) is 23.6 Å². The summed E-state index contributed by atoms with van der Waals surface area (Å²) in [5, 5.41) is 7.16. The predicted molar refractivity (Wildman–Crippen MR) is 76.6 cm³/mol. The van der Waals surface area contributed by atoms with Crippen LogP contribution in [0.4, 0.5) is 0 Å². The summed E-state index contributed by atoms with van der Waals surface area (Å²) in [5.74, 6) is -0.413. The number of nitrogens with zero attached hydrogens (tertiary/aromatic N) is 1. The summed E-state index contributed by atoms with van der Waals surface area (Å²) in [5.41, 5.74) is 3.82. The highest BCUT2D eigenvalue weighted by atomic mass is 35.5. The number of hydrogen-bond donors (Lipinski definition) is 2. The van der Waals surface area contributed by atoms with Gasteiger partial charge < -0.3 is 10.8 Å². The third-order valence-electron chi connectivity index (χ3n) is 2.91. The maximum absolute atomic E-state index is 11.7. The molecule has 0 aromatic heterocycles. The van der Waals surface area contributed by atoms with Gasteiger partial charge >= 0.3 is 0 Å². The normalized spacial score (nSPS) is 18.2. The van der Waals surface area contributed by atoms with Crippen LogP contribution in [0.25, 0.3) is 0 Å². The molecule has 0 radical (unpaired) electrons. The largest absolute Gasteiger partial charge is 0.412 e. The van der Waals surface area contributed by atoms with Gasteiger partial charge in [-0.05, 0) is 19.4 Å². The number of hydrogen-bond acceptors (Lipinski definition) is 3. The van der Waals surface area contributed by atoms with Crippen molar-refractivity contribution in [3.8, 4) is 0 Å². The molecule has 1 aromatic rings. The van der Waals surface area contributed by atoms with Crippen LogP contribution in [0.3, 0.4) is 0 Å². The zero-order chi connectivity index (χ0) is 13.8. The van der Waals surface area contributed by atoms with Crippen molar-refractivity contribution in [2.24, 2.45) is 5.10 Å². The van der Waals surface area contributed by atoms with Gasteiger partial charge in [-0.3, -0.25) is 9.59 Å². The Morgan fingerprint density at radius 1 is 1.45 bits per heavy atom. The third kappa shape index (κ3) is 3.79. The van der Waals surface area contributed by atoms with Crippen LogP contribution < -0.4 is 10.7 Å². The molecule has 1 saturated heterocycles. The summed E-state index contributed by atoms with van der Waals surface area (Å²) in [6, 6.07) is 6.76. The van der Waals surface area contributed by atoms with E-state index < -0.39 is 6.04 Å². The van der Waals surface area contributed by atoms with E-state index in [1.54, 1.807) is 13.0 Å². The summed E-state index contributed by atoms with van der Waals surface area (Å²) in [6.45, 7) is 1.76. The van der Waals surface area contributed by atoms with Crippen LogP contribution in [0, 0.1) is 0 Å². The van der Waals surface area contributed by atoms with Crippen LogP contribution in [0.15, 0.2) is 29.4 Å². The second-order valence-corrected chi connectivity index (χ2v) is 4.72. The lowest BCUT2D eigenvalue weighted by molar-refractivity contribution is -0.125. The minimum absolute atomic E-state index is 0. The maximum atomic E-state index is 11.7. The van der Waals surface area contributed by atoms with E-state index in [9.17, 15) is 9.59 Å². The highest BCUT2D eigenvalue weighted by molar-refractivity contribution is 6.34. The van der Waals surface area contributed by atoms with Crippen LogP contribution in [-0.2, 0) is 9.59 Å². The molecule has 1 fully saturated rings. The lowest BCUT2D eigenvalue weighted by Crippen LogP contribution is -2.39. The molecule has 0 unspecified atom stereocenters. The van der Waals surface area contributed by atoms with Gasteiger partial charge in [0, 0.05) is 17.0 Å². The molecule has 4 N–H and O–H groups in total. The number of benzene rings is 1. The smallest absolute Gasteiger partial charge is 0.262 e. The standard InChI is InChI=1S/C13H14ClN3O2.H2O/c1-8(9-4-2-3-5-10(9)14)16-17-13(19)11-6-7-12(18)15-11;/h2-5,11H,6-7H2,1H3,(H,15,18)(H,17,19);1H2/b16-8+;/t11-;/m0./s1. The molecule has 108 valence electrons. The number of rotatable bonds is 3. The number of carbonyl (C=O) groups excluding carboxylic acids is 2. The van der Waals surface area contributed by atoms with Crippen molar-refractivity contribution in [3.05, 3.63) is 34.9 Å². The summed E-state index contributed by atoms with van der Waals surface area (Å²) < 4.78 is 0. The lowest BCUT2D eigenvalue weighted by Gasteiger charge is -2.08. The molecule has 0 spiro atoms. The highest BCUT2D eigenvalue weighted by Gasteiger charge is 2.26. The Balaban J connectivity index is 0.00000200. The average molecular weight is 298 g/mol. The first kappa shape index (κ1) is 16.1. The SMILES string of the molecule is C/C(=N\NC(=O)[C@@H]1CCC(=O)N1)c1ccccc1Cl.O. The molecule has 2 amide bonds. The molecule has 1 aromatic carbocycles. The van der Waals surface area contributed by atoms with Gasteiger partial charge in [-0.25, -0.2) is 5.43 Å². The van der Waals surface area contributed by atoms with Gasteiger partial charge in [0.25, 0.3) is 5.91 Å². The quantitative estimate of drug-likeness (QED) is 0.631. The van der Waals surface area contributed by atoms with Crippen LogP contribution in [0.2, 0.25) is 5.02 Å². The Morgan fingerprint density at radius 2 is 2.15 bits per heavy atom. The van der Waals surface area contributed by atoms with Crippen molar-refractivity contribution in [2.75, 3.05) is 0 Å². The molecule has 0 bridgehead atoms. The van der Waals surface area contributed by atoms with Crippen LogP contribution in [0.5, 0.6) is 0 Å². The molecule has 7 heteroatoms. The van der Waals surface area contributed by atoms with Gasteiger partial charge in [-0.15, -0.1) is 0 Å². The van der Waals surface area contributed by atoms with Gasteiger partial charge in [0.2, 0.25) is 5.91 Å². The fraction of sp³-hybridized carbons (Fsp3) is 0.308. The molecule has 1 atom stereocenters. The highest BCUT2D eigenvalue weighted by Crippen LogP contribution is 2.15. The monoisotopic (exact) mass is 297 g/mol. The summed E-state index contributed by atoms with van der Waals surface area (Å²) in [4.78, 5) is 22.8. The van der Waals surface area contributed by atoms with E-state index in [1.165, 1.54) is 0 Å². The van der Waals surface area contributed by atoms with Gasteiger partial charge in [0.05, 0.1) is 5.71 Å². The topological polar surface area (TPSA) is 102 Å². The minimum Gasteiger partial charge on any atom is -0.412 e. The molecule has 0 saturated carbocycles. The first-order valence-corrected chi connectivity index (χ1v) is 6.34. The molecule has 1 aliphatic heterocycles. The van der Waals surface area contributed by atoms with Crippen molar-refractivity contribution in [1.82, 2.24) is 10.7 Å².